The van der Waals surface area contributed by atoms with Gasteiger partial charge in [-0.2, -0.15) is 0 Å². The highest BCUT2D eigenvalue weighted by Gasteiger charge is 2.31. The summed E-state index contributed by atoms with van der Waals surface area (Å²) in [5, 5.41) is 4.38. The van der Waals surface area contributed by atoms with Crippen molar-refractivity contribution in [3.8, 4) is 0 Å². The Hall–Kier alpha value is -1.13. The lowest BCUT2D eigenvalue weighted by molar-refractivity contribution is 0.0691. The Morgan fingerprint density at radius 3 is 2.54 bits per heavy atom. The fourth-order valence-electron chi connectivity index (χ4n) is 4.79. The lowest BCUT2D eigenvalue weighted by atomic mass is 9.84. The molecule has 2 atom stereocenters. The van der Waals surface area contributed by atoms with E-state index in [2.05, 4.69) is 60.3 Å². The lowest BCUT2D eigenvalue weighted by Gasteiger charge is -2.44. The Labute approximate surface area is 165 Å². The zero-order valence-electron chi connectivity index (χ0n) is 16.7. The summed E-state index contributed by atoms with van der Waals surface area (Å²) in [4.78, 5) is 5.06. The van der Waals surface area contributed by atoms with Gasteiger partial charge in [0.25, 0.3) is 0 Å². The second kappa shape index (κ2) is 9.18. The van der Waals surface area contributed by atoms with Gasteiger partial charge in [-0.1, -0.05) is 44.9 Å². The standard InChI is InChI=1S/C22H35N3S/c1-4-18-10-6-7-11-20(18)23-22(26)25-15-13-19(14-16-25)24(3)21-12-8-5-9-17(21)2/h6-7,10-11,17,19,21H,4-5,8-9,12-16H2,1-3H3,(H,23,26)/t17-,21-/m0/s1. The molecule has 144 valence electrons. The van der Waals surface area contributed by atoms with E-state index in [0.717, 1.165) is 42.3 Å². The van der Waals surface area contributed by atoms with Crippen LogP contribution in [-0.4, -0.2) is 47.1 Å². The van der Waals surface area contributed by atoms with Crippen LogP contribution >= 0.6 is 12.2 Å². The largest absolute Gasteiger partial charge is 0.349 e. The first-order chi connectivity index (χ1) is 12.6. The van der Waals surface area contributed by atoms with Crippen molar-refractivity contribution in [2.24, 2.45) is 5.92 Å². The van der Waals surface area contributed by atoms with Crippen LogP contribution < -0.4 is 5.32 Å². The van der Waals surface area contributed by atoms with Crippen LogP contribution in [0.15, 0.2) is 24.3 Å². The average molecular weight is 374 g/mol. The molecule has 4 heteroatoms. The maximum absolute atomic E-state index is 5.71. The van der Waals surface area contributed by atoms with Crippen LogP contribution in [0.1, 0.15) is 57.9 Å². The molecule has 0 unspecified atom stereocenters. The van der Waals surface area contributed by atoms with E-state index in [0.29, 0.717) is 6.04 Å². The number of likely N-dealkylation sites (tertiary alicyclic amines) is 1. The predicted molar refractivity (Wildman–Crippen MR) is 116 cm³/mol. The number of hydrogen-bond donors (Lipinski definition) is 1. The number of nitrogens with zero attached hydrogens (tertiary/aromatic N) is 2. The summed E-state index contributed by atoms with van der Waals surface area (Å²) in [6.45, 7) is 6.77. The van der Waals surface area contributed by atoms with Gasteiger partial charge in [-0.15, -0.1) is 0 Å². The van der Waals surface area contributed by atoms with E-state index >= 15 is 0 Å². The van der Waals surface area contributed by atoms with Crippen LogP contribution in [0.5, 0.6) is 0 Å². The predicted octanol–water partition coefficient (Wildman–Crippen LogP) is 4.92. The molecule has 1 saturated heterocycles. The van der Waals surface area contributed by atoms with E-state index < -0.39 is 0 Å². The molecular formula is C22H35N3S. The van der Waals surface area contributed by atoms with Crippen LogP contribution in [0, 0.1) is 5.92 Å². The van der Waals surface area contributed by atoms with E-state index in [-0.39, 0.29) is 0 Å². The Kier molecular flexibility index (Phi) is 6.93. The highest BCUT2D eigenvalue weighted by atomic mass is 32.1. The molecule has 3 nitrogen and oxygen atoms in total. The molecule has 3 rings (SSSR count). The van der Waals surface area contributed by atoms with E-state index in [4.69, 9.17) is 12.2 Å². The molecule has 1 heterocycles. The van der Waals surface area contributed by atoms with Crippen molar-refractivity contribution >= 4 is 23.0 Å². The summed E-state index contributed by atoms with van der Waals surface area (Å²) in [5.74, 6) is 0.847. The second-order valence-electron chi connectivity index (χ2n) is 8.15. The Morgan fingerprint density at radius 2 is 1.85 bits per heavy atom. The minimum Gasteiger partial charge on any atom is -0.349 e. The third-order valence-electron chi connectivity index (χ3n) is 6.56. The van der Waals surface area contributed by atoms with Crippen molar-refractivity contribution in [2.75, 3.05) is 25.5 Å². The fourth-order valence-corrected chi connectivity index (χ4v) is 5.09. The van der Waals surface area contributed by atoms with Crippen LogP contribution in [0.25, 0.3) is 0 Å². The van der Waals surface area contributed by atoms with Gasteiger partial charge in [0.1, 0.15) is 0 Å². The van der Waals surface area contributed by atoms with Crippen molar-refractivity contribution in [2.45, 2.75) is 70.9 Å². The summed E-state index contributed by atoms with van der Waals surface area (Å²) in [5.41, 5.74) is 2.49. The van der Waals surface area contributed by atoms with Crippen molar-refractivity contribution in [3.05, 3.63) is 29.8 Å². The SMILES string of the molecule is CCc1ccccc1NC(=S)N1CCC(N(C)[C@H]2CCCC[C@@H]2C)CC1. The smallest absolute Gasteiger partial charge is 0.173 e. The second-order valence-corrected chi connectivity index (χ2v) is 8.54. The first kappa shape index (κ1) is 19.6. The molecule has 0 bridgehead atoms. The molecule has 1 aliphatic heterocycles. The number of anilines is 1. The third kappa shape index (κ3) is 4.58. The van der Waals surface area contributed by atoms with Gasteiger partial charge in [0.05, 0.1) is 0 Å². The topological polar surface area (TPSA) is 18.5 Å². The van der Waals surface area contributed by atoms with Gasteiger partial charge in [-0.25, -0.2) is 0 Å². The molecule has 1 aromatic rings. The van der Waals surface area contributed by atoms with Gasteiger partial charge in [-0.3, -0.25) is 0 Å². The van der Waals surface area contributed by atoms with Gasteiger partial charge < -0.3 is 15.1 Å². The molecule has 1 aliphatic carbocycles. The minimum atomic E-state index is 0.711. The van der Waals surface area contributed by atoms with E-state index in [1.54, 1.807) is 0 Å². The van der Waals surface area contributed by atoms with Gasteiger partial charge in [0.15, 0.2) is 5.11 Å². The molecule has 0 spiro atoms. The minimum absolute atomic E-state index is 0.711. The lowest BCUT2D eigenvalue weighted by Crippen LogP contribution is -2.51. The molecule has 0 radical (unpaired) electrons. The zero-order valence-corrected chi connectivity index (χ0v) is 17.5. The molecular weight excluding hydrogens is 338 g/mol. The summed E-state index contributed by atoms with van der Waals surface area (Å²) in [6, 6.07) is 9.98. The van der Waals surface area contributed by atoms with E-state index in [1.165, 1.54) is 44.1 Å². The van der Waals surface area contributed by atoms with Gasteiger partial charge in [0.2, 0.25) is 0 Å². The molecule has 26 heavy (non-hydrogen) atoms. The number of hydrogen-bond acceptors (Lipinski definition) is 2. The fraction of sp³-hybridized carbons (Fsp3) is 0.682. The Bertz CT molecular complexity index is 595. The van der Waals surface area contributed by atoms with Crippen LogP contribution in [-0.2, 0) is 6.42 Å². The highest BCUT2D eigenvalue weighted by molar-refractivity contribution is 7.80. The molecule has 1 aromatic carbocycles. The van der Waals surface area contributed by atoms with Crippen LogP contribution in [0.4, 0.5) is 5.69 Å². The third-order valence-corrected chi connectivity index (χ3v) is 6.92. The van der Waals surface area contributed by atoms with Crippen LogP contribution in [0.2, 0.25) is 0 Å². The van der Waals surface area contributed by atoms with Gasteiger partial charge in [0, 0.05) is 30.9 Å². The van der Waals surface area contributed by atoms with Crippen molar-refractivity contribution in [3.63, 3.8) is 0 Å². The highest BCUT2D eigenvalue weighted by Crippen LogP contribution is 2.30. The zero-order chi connectivity index (χ0) is 18.5. The number of aryl methyl sites for hydroxylation is 1. The molecule has 2 fully saturated rings. The number of benzene rings is 1. The number of rotatable bonds is 4. The van der Waals surface area contributed by atoms with Crippen molar-refractivity contribution in [1.29, 1.82) is 0 Å². The number of piperidine rings is 1. The van der Waals surface area contributed by atoms with Crippen molar-refractivity contribution < 1.29 is 0 Å². The quantitative estimate of drug-likeness (QED) is 0.755. The first-order valence-corrected chi connectivity index (χ1v) is 10.9. The maximum Gasteiger partial charge on any atom is 0.173 e. The average Bonchev–Trinajstić information content (AvgIpc) is 2.68. The maximum atomic E-state index is 5.71. The molecule has 2 aliphatic rings. The monoisotopic (exact) mass is 373 g/mol. The summed E-state index contributed by atoms with van der Waals surface area (Å²) in [6.07, 6.45) is 9.07. The number of nitrogens with one attached hydrogen (secondary N) is 1. The summed E-state index contributed by atoms with van der Waals surface area (Å²) < 4.78 is 0. The molecule has 0 amide bonds. The summed E-state index contributed by atoms with van der Waals surface area (Å²) >= 11 is 5.71. The molecule has 0 aromatic heterocycles. The van der Waals surface area contributed by atoms with Crippen molar-refractivity contribution in [1.82, 2.24) is 9.80 Å². The Balaban J connectivity index is 1.52. The molecule has 1 saturated carbocycles. The Morgan fingerprint density at radius 1 is 1.15 bits per heavy atom. The normalized spacial score (nSPS) is 24.7. The molecule has 1 N–H and O–H groups in total. The first-order valence-electron chi connectivity index (χ1n) is 10.5. The van der Waals surface area contributed by atoms with Crippen LogP contribution in [0.3, 0.4) is 0 Å². The van der Waals surface area contributed by atoms with Gasteiger partial charge >= 0.3 is 0 Å². The van der Waals surface area contributed by atoms with E-state index in [9.17, 15) is 0 Å². The number of thiocarbonyl (C=S) groups is 1. The number of para-hydroxylation sites is 1. The van der Waals surface area contributed by atoms with Gasteiger partial charge in [-0.05, 0) is 68.9 Å². The van der Waals surface area contributed by atoms with E-state index in [1.807, 2.05) is 0 Å². The summed E-state index contributed by atoms with van der Waals surface area (Å²) in [7, 11) is 2.36.